The SMILES string of the molecule is Cc1cccc(NC(=O)COc2ccc(/C=C(\C#N)C(=O)Nc3ccccc3Cl)cc2Cl)c1C. The van der Waals surface area contributed by atoms with Crippen molar-refractivity contribution in [3.63, 3.8) is 0 Å². The van der Waals surface area contributed by atoms with Gasteiger partial charge in [0.05, 0.1) is 15.7 Å². The molecular weight excluding hydrogens is 473 g/mol. The molecule has 0 atom stereocenters. The topological polar surface area (TPSA) is 91.2 Å². The van der Waals surface area contributed by atoms with Crippen molar-refractivity contribution in [1.82, 2.24) is 0 Å². The highest BCUT2D eigenvalue weighted by molar-refractivity contribution is 6.34. The minimum Gasteiger partial charge on any atom is -0.482 e. The third kappa shape index (κ3) is 6.38. The molecule has 0 aliphatic heterocycles. The van der Waals surface area contributed by atoms with Crippen LogP contribution < -0.4 is 15.4 Å². The first-order valence-electron chi connectivity index (χ1n) is 10.2. The zero-order valence-corrected chi connectivity index (χ0v) is 20.0. The van der Waals surface area contributed by atoms with E-state index in [1.165, 1.54) is 6.08 Å². The van der Waals surface area contributed by atoms with E-state index in [2.05, 4.69) is 10.6 Å². The fraction of sp³-hybridized carbons (Fsp3) is 0.115. The average molecular weight is 494 g/mol. The molecule has 34 heavy (non-hydrogen) atoms. The van der Waals surface area contributed by atoms with Gasteiger partial charge in [0.2, 0.25) is 0 Å². The summed E-state index contributed by atoms with van der Waals surface area (Å²) in [4.78, 5) is 24.7. The summed E-state index contributed by atoms with van der Waals surface area (Å²) in [6, 6.07) is 19.0. The Balaban J connectivity index is 1.65. The maximum absolute atomic E-state index is 12.5. The summed E-state index contributed by atoms with van der Waals surface area (Å²) in [5.74, 6) is -0.624. The van der Waals surface area contributed by atoms with Crippen molar-refractivity contribution in [2.24, 2.45) is 0 Å². The standard InChI is InChI=1S/C26H21Cl2N3O3/c1-16-6-5-9-22(17(16)2)30-25(32)15-34-24-11-10-18(13-21(24)28)12-19(14-29)26(33)31-23-8-4-3-7-20(23)27/h3-13H,15H2,1-2H3,(H,30,32)(H,31,33)/b19-12+. The Morgan fingerprint density at radius 3 is 2.41 bits per heavy atom. The summed E-state index contributed by atoms with van der Waals surface area (Å²) < 4.78 is 5.54. The molecule has 0 saturated heterocycles. The van der Waals surface area contributed by atoms with Gasteiger partial charge in [0, 0.05) is 5.69 Å². The van der Waals surface area contributed by atoms with Gasteiger partial charge in [-0.2, -0.15) is 5.26 Å². The van der Waals surface area contributed by atoms with Gasteiger partial charge in [0.25, 0.3) is 11.8 Å². The second kappa shape index (κ2) is 11.4. The third-order valence-electron chi connectivity index (χ3n) is 4.99. The smallest absolute Gasteiger partial charge is 0.266 e. The zero-order chi connectivity index (χ0) is 24.7. The van der Waals surface area contributed by atoms with Gasteiger partial charge >= 0.3 is 0 Å². The highest BCUT2D eigenvalue weighted by atomic mass is 35.5. The highest BCUT2D eigenvalue weighted by Crippen LogP contribution is 2.27. The van der Waals surface area contributed by atoms with Gasteiger partial charge in [-0.1, -0.05) is 53.5 Å². The molecular formula is C26H21Cl2N3O3. The van der Waals surface area contributed by atoms with Crippen LogP contribution in [0.4, 0.5) is 11.4 Å². The summed E-state index contributed by atoms with van der Waals surface area (Å²) in [5, 5.41) is 15.4. The molecule has 0 fully saturated rings. The van der Waals surface area contributed by atoms with Crippen molar-refractivity contribution >= 4 is 52.5 Å². The molecule has 0 aliphatic rings. The molecule has 0 unspecified atom stereocenters. The van der Waals surface area contributed by atoms with Crippen molar-refractivity contribution in [2.75, 3.05) is 17.2 Å². The molecule has 0 saturated carbocycles. The first kappa shape index (κ1) is 24.8. The second-order valence-electron chi connectivity index (χ2n) is 7.38. The molecule has 0 aliphatic carbocycles. The lowest BCUT2D eigenvalue weighted by Gasteiger charge is -2.12. The number of rotatable bonds is 7. The normalized spacial score (nSPS) is 10.9. The number of hydrogen-bond donors (Lipinski definition) is 2. The van der Waals surface area contributed by atoms with E-state index in [0.29, 0.717) is 22.0 Å². The lowest BCUT2D eigenvalue weighted by molar-refractivity contribution is -0.118. The molecule has 3 aromatic rings. The number of aryl methyl sites for hydroxylation is 1. The lowest BCUT2D eigenvalue weighted by atomic mass is 10.1. The Bertz CT molecular complexity index is 1310. The second-order valence-corrected chi connectivity index (χ2v) is 8.19. The average Bonchev–Trinajstić information content (AvgIpc) is 2.81. The summed E-state index contributed by atoms with van der Waals surface area (Å²) in [6.45, 7) is 3.67. The van der Waals surface area contributed by atoms with E-state index >= 15 is 0 Å². The Morgan fingerprint density at radius 1 is 0.971 bits per heavy atom. The molecule has 172 valence electrons. The van der Waals surface area contributed by atoms with Crippen LogP contribution in [0.1, 0.15) is 16.7 Å². The number of nitriles is 1. The fourth-order valence-electron chi connectivity index (χ4n) is 3.01. The third-order valence-corrected chi connectivity index (χ3v) is 5.62. The van der Waals surface area contributed by atoms with Crippen LogP contribution in [0, 0.1) is 25.2 Å². The van der Waals surface area contributed by atoms with Crippen LogP contribution in [0.5, 0.6) is 5.75 Å². The molecule has 2 amide bonds. The van der Waals surface area contributed by atoms with Gasteiger partial charge < -0.3 is 15.4 Å². The van der Waals surface area contributed by atoms with Gasteiger partial charge in [0.1, 0.15) is 17.4 Å². The Hall–Kier alpha value is -3.79. The predicted octanol–water partition coefficient (Wildman–Crippen LogP) is 6.17. The summed E-state index contributed by atoms with van der Waals surface area (Å²) >= 11 is 12.3. The maximum Gasteiger partial charge on any atom is 0.266 e. The van der Waals surface area contributed by atoms with Gasteiger partial charge in [0.15, 0.2) is 6.61 Å². The molecule has 0 aromatic heterocycles. The molecule has 0 heterocycles. The van der Waals surface area contributed by atoms with Gasteiger partial charge in [-0.3, -0.25) is 9.59 Å². The number of nitrogens with one attached hydrogen (secondary N) is 2. The predicted molar refractivity (Wildman–Crippen MR) is 135 cm³/mol. The Labute approximate surface area is 207 Å². The summed E-state index contributed by atoms with van der Waals surface area (Å²) in [6.07, 6.45) is 1.40. The molecule has 2 N–H and O–H groups in total. The first-order chi connectivity index (χ1) is 16.3. The number of halogens is 2. The molecule has 6 nitrogen and oxygen atoms in total. The highest BCUT2D eigenvalue weighted by Gasteiger charge is 2.13. The minimum absolute atomic E-state index is 0.127. The number of hydrogen-bond acceptors (Lipinski definition) is 4. The number of carbonyl (C=O) groups is 2. The molecule has 3 aromatic carbocycles. The number of benzene rings is 3. The zero-order valence-electron chi connectivity index (χ0n) is 18.5. The van der Waals surface area contributed by atoms with E-state index in [1.54, 1.807) is 42.5 Å². The summed E-state index contributed by atoms with van der Waals surface area (Å²) in [7, 11) is 0. The van der Waals surface area contributed by atoms with Crippen LogP contribution >= 0.6 is 23.2 Å². The van der Waals surface area contributed by atoms with E-state index in [-0.39, 0.29) is 23.1 Å². The van der Waals surface area contributed by atoms with Crippen LogP contribution in [0.15, 0.2) is 66.2 Å². The fourth-order valence-corrected chi connectivity index (χ4v) is 3.43. The first-order valence-corrected chi connectivity index (χ1v) is 11.0. The van der Waals surface area contributed by atoms with Crippen LogP contribution in [0.3, 0.4) is 0 Å². The number of ether oxygens (including phenoxy) is 1. The number of para-hydroxylation sites is 1. The van der Waals surface area contributed by atoms with Crippen molar-refractivity contribution in [3.05, 3.63) is 93.0 Å². The summed E-state index contributed by atoms with van der Waals surface area (Å²) in [5.41, 5.74) is 3.57. The Morgan fingerprint density at radius 2 is 1.71 bits per heavy atom. The molecule has 3 rings (SSSR count). The number of carbonyl (C=O) groups excluding carboxylic acids is 2. The lowest BCUT2D eigenvalue weighted by Crippen LogP contribution is -2.20. The molecule has 0 bridgehead atoms. The molecule has 0 radical (unpaired) electrons. The van der Waals surface area contributed by atoms with Crippen molar-refractivity contribution in [3.8, 4) is 11.8 Å². The largest absolute Gasteiger partial charge is 0.482 e. The van der Waals surface area contributed by atoms with Crippen molar-refractivity contribution in [1.29, 1.82) is 5.26 Å². The van der Waals surface area contributed by atoms with Crippen molar-refractivity contribution in [2.45, 2.75) is 13.8 Å². The molecule has 8 heteroatoms. The number of nitrogens with zero attached hydrogens (tertiary/aromatic N) is 1. The number of anilines is 2. The minimum atomic E-state index is -0.602. The maximum atomic E-state index is 12.5. The van der Waals surface area contributed by atoms with Crippen LogP contribution in [0.25, 0.3) is 6.08 Å². The van der Waals surface area contributed by atoms with Crippen LogP contribution in [-0.2, 0) is 9.59 Å². The van der Waals surface area contributed by atoms with Gasteiger partial charge in [-0.25, -0.2) is 0 Å². The van der Waals surface area contributed by atoms with Gasteiger partial charge in [-0.15, -0.1) is 0 Å². The van der Waals surface area contributed by atoms with E-state index in [4.69, 9.17) is 27.9 Å². The van der Waals surface area contributed by atoms with Crippen LogP contribution in [-0.4, -0.2) is 18.4 Å². The van der Waals surface area contributed by atoms with E-state index in [0.717, 1.165) is 16.8 Å². The van der Waals surface area contributed by atoms with Gasteiger partial charge in [-0.05, 0) is 66.9 Å². The Kier molecular flexibility index (Phi) is 8.31. The van der Waals surface area contributed by atoms with E-state index in [1.807, 2.05) is 38.1 Å². The van der Waals surface area contributed by atoms with Crippen molar-refractivity contribution < 1.29 is 14.3 Å². The molecule has 0 spiro atoms. The van der Waals surface area contributed by atoms with E-state index in [9.17, 15) is 14.9 Å². The number of amides is 2. The van der Waals surface area contributed by atoms with E-state index < -0.39 is 5.91 Å². The monoisotopic (exact) mass is 493 g/mol. The van der Waals surface area contributed by atoms with Crippen LogP contribution in [0.2, 0.25) is 10.0 Å². The quantitative estimate of drug-likeness (QED) is 0.304.